The van der Waals surface area contributed by atoms with E-state index < -0.39 is 11.4 Å². The van der Waals surface area contributed by atoms with Gasteiger partial charge in [-0.2, -0.15) is 0 Å². The van der Waals surface area contributed by atoms with Crippen LogP contribution in [0.2, 0.25) is 0 Å². The predicted octanol–water partition coefficient (Wildman–Crippen LogP) is 4.44. The topological polar surface area (TPSA) is 50.2 Å². The first-order chi connectivity index (χ1) is 11.1. The molecular weight excluding hydrogens is 286 g/mol. The molecule has 3 heteroatoms. The highest BCUT2D eigenvalue weighted by Crippen LogP contribution is 2.33. The Labute approximate surface area is 138 Å². The van der Waals surface area contributed by atoms with E-state index in [1.807, 2.05) is 50.2 Å². The summed E-state index contributed by atoms with van der Waals surface area (Å²) in [5.41, 5.74) is 2.34. The molecule has 1 atom stereocenters. The standard InChI is InChI=1S/C20H25NO2/c1-3-20(19(22)23,15-18-13-7-9-16(2)21-18)14-8-12-17-10-5-4-6-11-17/h4-7,9-11,13H,3,8,12,14-15H2,1-2H3,(H,22,23). The maximum absolute atomic E-state index is 12.0. The molecule has 0 bridgehead atoms. The molecule has 0 spiro atoms. The molecule has 0 fully saturated rings. The number of hydrogen-bond donors (Lipinski definition) is 1. The maximum Gasteiger partial charge on any atom is 0.310 e. The smallest absolute Gasteiger partial charge is 0.310 e. The third-order valence-electron chi connectivity index (χ3n) is 4.56. The first-order valence-corrected chi connectivity index (χ1v) is 8.25. The zero-order valence-electron chi connectivity index (χ0n) is 14.0. The van der Waals surface area contributed by atoms with Crippen molar-refractivity contribution in [3.05, 3.63) is 65.5 Å². The largest absolute Gasteiger partial charge is 0.481 e. The first kappa shape index (κ1) is 17.2. The third-order valence-corrected chi connectivity index (χ3v) is 4.56. The summed E-state index contributed by atoms with van der Waals surface area (Å²) in [6.45, 7) is 3.90. The number of carboxylic acid groups (broad SMARTS) is 1. The van der Waals surface area contributed by atoms with E-state index in [1.165, 1.54) is 5.56 Å². The second-order valence-electron chi connectivity index (χ2n) is 6.23. The van der Waals surface area contributed by atoms with Crippen LogP contribution in [-0.2, 0) is 17.6 Å². The van der Waals surface area contributed by atoms with Crippen LogP contribution in [0.1, 0.15) is 43.1 Å². The van der Waals surface area contributed by atoms with Crippen LogP contribution in [0.15, 0.2) is 48.5 Å². The number of benzene rings is 1. The molecule has 2 rings (SSSR count). The van der Waals surface area contributed by atoms with Crippen LogP contribution in [0, 0.1) is 12.3 Å². The molecule has 0 aliphatic rings. The Morgan fingerprint density at radius 1 is 1.13 bits per heavy atom. The molecule has 1 N–H and O–H groups in total. The quantitative estimate of drug-likeness (QED) is 0.784. The summed E-state index contributed by atoms with van der Waals surface area (Å²) in [5.74, 6) is -0.712. The second kappa shape index (κ2) is 7.91. The summed E-state index contributed by atoms with van der Waals surface area (Å²) in [7, 11) is 0. The van der Waals surface area contributed by atoms with Crippen molar-refractivity contribution in [3.63, 3.8) is 0 Å². The summed E-state index contributed by atoms with van der Waals surface area (Å²) < 4.78 is 0. The Morgan fingerprint density at radius 3 is 2.48 bits per heavy atom. The van der Waals surface area contributed by atoms with Crippen LogP contribution in [-0.4, -0.2) is 16.1 Å². The Hall–Kier alpha value is -2.16. The van der Waals surface area contributed by atoms with E-state index in [4.69, 9.17) is 0 Å². The first-order valence-electron chi connectivity index (χ1n) is 8.25. The van der Waals surface area contributed by atoms with Crippen molar-refractivity contribution in [3.8, 4) is 0 Å². The predicted molar refractivity (Wildman–Crippen MR) is 92.4 cm³/mol. The van der Waals surface area contributed by atoms with Gasteiger partial charge in [0.25, 0.3) is 0 Å². The molecule has 0 aliphatic heterocycles. The van der Waals surface area contributed by atoms with Crippen molar-refractivity contribution >= 4 is 5.97 Å². The number of nitrogens with zero attached hydrogens (tertiary/aromatic N) is 1. The van der Waals surface area contributed by atoms with Gasteiger partial charge in [-0.25, -0.2) is 0 Å². The maximum atomic E-state index is 12.0. The Morgan fingerprint density at radius 2 is 1.87 bits per heavy atom. The summed E-state index contributed by atoms with van der Waals surface area (Å²) in [4.78, 5) is 16.4. The molecule has 0 saturated carbocycles. The Bertz CT molecular complexity index is 639. The molecule has 0 saturated heterocycles. The minimum Gasteiger partial charge on any atom is -0.481 e. The van der Waals surface area contributed by atoms with E-state index in [0.29, 0.717) is 19.3 Å². The molecule has 0 amide bonds. The van der Waals surface area contributed by atoms with Gasteiger partial charge in [-0.1, -0.05) is 43.3 Å². The summed E-state index contributed by atoms with van der Waals surface area (Å²) >= 11 is 0. The lowest BCUT2D eigenvalue weighted by atomic mass is 9.76. The number of carboxylic acids is 1. The molecule has 1 heterocycles. The molecule has 23 heavy (non-hydrogen) atoms. The summed E-state index contributed by atoms with van der Waals surface area (Å²) in [6.07, 6.45) is 3.57. The van der Waals surface area contributed by atoms with Crippen LogP contribution in [0.4, 0.5) is 0 Å². The molecule has 1 aromatic heterocycles. The van der Waals surface area contributed by atoms with Gasteiger partial charge < -0.3 is 5.11 Å². The fourth-order valence-electron chi connectivity index (χ4n) is 3.04. The van der Waals surface area contributed by atoms with E-state index in [0.717, 1.165) is 24.2 Å². The van der Waals surface area contributed by atoms with Crippen molar-refractivity contribution in [2.75, 3.05) is 0 Å². The highest BCUT2D eigenvalue weighted by molar-refractivity contribution is 5.75. The molecule has 122 valence electrons. The van der Waals surface area contributed by atoms with Gasteiger partial charge in [-0.3, -0.25) is 9.78 Å². The molecule has 1 aromatic carbocycles. The fraction of sp³-hybridized carbons (Fsp3) is 0.400. The normalized spacial score (nSPS) is 13.5. The Balaban J connectivity index is 2.07. The molecule has 0 radical (unpaired) electrons. The average Bonchev–Trinajstić information content (AvgIpc) is 2.54. The van der Waals surface area contributed by atoms with Crippen molar-refractivity contribution < 1.29 is 9.90 Å². The number of aliphatic carboxylic acids is 1. The van der Waals surface area contributed by atoms with E-state index in [9.17, 15) is 9.90 Å². The van der Waals surface area contributed by atoms with Crippen molar-refractivity contribution in [2.24, 2.45) is 5.41 Å². The molecule has 0 aliphatic carbocycles. The Kier molecular flexibility index (Phi) is 5.91. The monoisotopic (exact) mass is 311 g/mol. The average molecular weight is 311 g/mol. The van der Waals surface area contributed by atoms with Crippen LogP contribution in [0.3, 0.4) is 0 Å². The van der Waals surface area contributed by atoms with E-state index in [-0.39, 0.29) is 0 Å². The van der Waals surface area contributed by atoms with Crippen molar-refractivity contribution in [2.45, 2.75) is 46.0 Å². The van der Waals surface area contributed by atoms with Gasteiger partial charge in [0.1, 0.15) is 0 Å². The van der Waals surface area contributed by atoms with Gasteiger partial charge in [0.15, 0.2) is 0 Å². The van der Waals surface area contributed by atoms with E-state index >= 15 is 0 Å². The second-order valence-corrected chi connectivity index (χ2v) is 6.23. The van der Waals surface area contributed by atoms with Crippen molar-refractivity contribution in [1.29, 1.82) is 0 Å². The zero-order chi connectivity index (χ0) is 16.7. The van der Waals surface area contributed by atoms with Gasteiger partial charge in [0.05, 0.1) is 5.41 Å². The van der Waals surface area contributed by atoms with Gasteiger partial charge in [-0.15, -0.1) is 0 Å². The lowest BCUT2D eigenvalue weighted by molar-refractivity contribution is -0.149. The minimum atomic E-state index is -0.727. The number of hydrogen-bond acceptors (Lipinski definition) is 2. The number of carbonyl (C=O) groups is 1. The molecular formula is C20H25NO2. The molecule has 2 aromatic rings. The SMILES string of the molecule is CCC(CCCc1ccccc1)(Cc1cccc(C)n1)C(=O)O. The highest BCUT2D eigenvalue weighted by atomic mass is 16.4. The highest BCUT2D eigenvalue weighted by Gasteiger charge is 2.36. The lowest BCUT2D eigenvalue weighted by Crippen LogP contribution is -2.33. The van der Waals surface area contributed by atoms with E-state index in [2.05, 4.69) is 17.1 Å². The van der Waals surface area contributed by atoms with Crippen LogP contribution >= 0.6 is 0 Å². The van der Waals surface area contributed by atoms with Crippen LogP contribution in [0.5, 0.6) is 0 Å². The van der Waals surface area contributed by atoms with Gasteiger partial charge >= 0.3 is 5.97 Å². The molecule has 1 unspecified atom stereocenters. The third kappa shape index (κ3) is 4.65. The summed E-state index contributed by atoms with van der Waals surface area (Å²) in [6, 6.07) is 16.1. The number of pyridine rings is 1. The number of aryl methyl sites for hydroxylation is 2. The van der Waals surface area contributed by atoms with Crippen LogP contribution < -0.4 is 0 Å². The lowest BCUT2D eigenvalue weighted by Gasteiger charge is -2.28. The zero-order valence-corrected chi connectivity index (χ0v) is 14.0. The fourth-order valence-corrected chi connectivity index (χ4v) is 3.04. The summed E-state index contributed by atoms with van der Waals surface area (Å²) in [5, 5.41) is 9.82. The van der Waals surface area contributed by atoms with Crippen LogP contribution in [0.25, 0.3) is 0 Å². The minimum absolute atomic E-state index is 0.495. The number of aromatic nitrogens is 1. The number of rotatable bonds is 8. The van der Waals surface area contributed by atoms with Gasteiger partial charge in [-0.05, 0) is 50.3 Å². The van der Waals surface area contributed by atoms with Gasteiger partial charge in [0, 0.05) is 17.8 Å². The molecule has 3 nitrogen and oxygen atoms in total. The van der Waals surface area contributed by atoms with E-state index in [1.54, 1.807) is 0 Å². The van der Waals surface area contributed by atoms with Gasteiger partial charge in [0.2, 0.25) is 0 Å². The van der Waals surface area contributed by atoms with Crippen molar-refractivity contribution in [1.82, 2.24) is 4.98 Å².